The minimum Gasteiger partial charge on any atom is -0.485 e. The Morgan fingerprint density at radius 2 is 2.36 bits per heavy atom. The van der Waals surface area contributed by atoms with Gasteiger partial charge in [-0.15, -0.1) is 0 Å². The van der Waals surface area contributed by atoms with Crippen molar-refractivity contribution in [3.8, 4) is 11.6 Å². The minimum atomic E-state index is 0.359. The van der Waals surface area contributed by atoms with E-state index in [9.17, 15) is 0 Å². The van der Waals surface area contributed by atoms with Gasteiger partial charge in [0.2, 0.25) is 0 Å². The zero-order valence-electron chi connectivity index (χ0n) is 7.57. The number of halogens is 1. The van der Waals surface area contributed by atoms with Crippen molar-refractivity contribution in [3.63, 3.8) is 0 Å². The lowest BCUT2D eigenvalue weighted by Crippen LogP contribution is -2.01. The van der Waals surface area contributed by atoms with E-state index in [0.29, 0.717) is 18.3 Å². The molecule has 14 heavy (non-hydrogen) atoms. The first-order chi connectivity index (χ1) is 6.79. The lowest BCUT2D eigenvalue weighted by atomic mass is 10.4. The number of aromatic nitrogens is 1. The third-order valence-corrected chi connectivity index (χ3v) is 2.42. The summed E-state index contributed by atoms with van der Waals surface area (Å²) in [5.74, 6) is 1.29. The molecular weight excluding hydrogens is 265 g/mol. The standard InChI is InChI=1S/C9H11BrNO2P/c10-6-3-8(13-7-1-2-7)9(11-4-6)12-5-14/h3-4,7H,1-2,5,14H2. The highest BCUT2D eigenvalue weighted by atomic mass is 79.9. The van der Waals surface area contributed by atoms with Gasteiger partial charge in [0, 0.05) is 16.7 Å². The average Bonchev–Trinajstić information content (AvgIpc) is 2.94. The first-order valence-electron chi connectivity index (χ1n) is 4.44. The van der Waals surface area contributed by atoms with E-state index in [0.717, 1.165) is 23.1 Å². The van der Waals surface area contributed by atoms with Gasteiger partial charge in [-0.3, -0.25) is 0 Å². The Morgan fingerprint density at radius 3 is 3.00 bits per heavy atom. The Bertz CT molecular complexity index is 331. The molecule has 0 aromatic carbocycles. The lowest BCUT2D eigenvalue weighted by molar-refractivity contribution is 0.273. The van der Waals surface area contributed by atoms with Crippen LogP contribution in [0.4, 0.5) is 0 Å². The van der Waals surface area contributed by atoms with Gasteiger partial charge in [-0.1, -0.05) is 9.24 Å². The fraction of sp³-hybridized carbons (Fsp3) is 0.444. The summed E-state index contributed by atoms with van der Waals surface area (Å²) in [5.41, 5.74) is 0. The van der Waals surface area contributed by atoms with Gasteiger partial charge in [-0.2, -0.15) is 0 Å². The van der Waals surface area contributed by atoms with Gasteiger partial charge < -0.3 is 9.47 Å². The maximum atomic E-state index is 5.66. The van der Waals surface area contributed by atoms with Crippen molar-refractivity contribution >= 4 is 25.2 Å². The van der Waals surface area contributed by atoms with Gasteiger partial charge in [0.25, 0.3) is 5.88 Å². The van der Waals surface area contributed by atoms with E-state index in [1.165, 1.54) is 0 Å². The highest BCUT2D eigenvalue weighted by molar-refractivity contribution is 9.10. The molecule has 0 saturated heterocycles. The molecule has 1 heterocycles. The number of nitrogens with zero attached hydrogens (tertiary/aromatic N) is 1. The Labute approximate surface area is 93.5 Å². The summed E-state index contributed by atoms with van der Waals surface area (Å²) in [4.78, 5) is 4.14. The van der Waals surface area contributed by atoms with Crippen LogP contribution in [0.25, 0.3) is 0 Å². The van der Waals surface area contributed by atoms with Gasteiger partial charge in [0.05, 0.1) is 6.10 Å². The predicted molar refractivity (Wildman–Crippen MR) is 60.8 cm³/mol. The van der Waals surface area contributed by atoms with Crippen LogP contribution in [0.1, 0.15) is 12.8 Å². The number of pyridine rings is 1. The van der Waals surface area contributed by atoms with Crippen LogP contribution < -0.4 is 9.47 Å². The topological polar surface area (TPSA) is 31.4 Å². The molecule has 1 fully saturated rings. The Morgan fingerprint density at radius 1 is 1.57 bits per heavy atom. The smallest absolute Gasteiger partial charge is 0.257 e. The normalized spacial score (nSPS) is 15.3. The molecule has 1 aromatic heterocycles. The van der Waals surface area contributed by atoms with Crippen LogP contribution in [0.15, 0.2) is 16.7 Å². The average molecular weight is 276 g/mol. The predicted octanol–water partition coefficient (Wildman–Crippen LogP) is 2.60. The van der Waals surface area contributed by atoms with Crippen molar-refractivity contribution in [1.82, 2.24) is 4.98 Å². The number of ether oxygens (including phenoxy) is 2. The van der Waals surface area contributed by atoms with Crippen molar-refractivity contribution in [2.75, 3.05) is 6.35 Å². The maximum Gasteiger partial charge on any atom is 0.257 e. The third-order valence-electron chi connectivity index (χ3n) is 1.82. The van der Waals surface area contributed by atoms with Crippen LogP contribution in [0.3, 0.4) is 0 Å². The molecule has 0 spiro atoms. The monoisotopic (exact) mass is 275 g/mol. The second-order valence-corrected chi connectivity index (χ2v) is 4.33. The molecule has 0 N–H and O–H groups in total. The first kappa shape index (κ1) is 10.2. The molecule has 1 unspecified atom stereocenters. The van der Waals surface area contributed by atoms with E-state index < -0.39 is 0 Å². The third kappa shape index (κ3) is 2.58. The van der Waals surface area contributed by atoms with E-state index in [2.05, 4.69) is 30.2 Å². The molecule has 0 radical (unpaired) electrons. The fourth-order valence-electron chi connectivity index (χ4n) is 1.05. The molecule has 0 aliphatic heterocycles. The van der Waals surface area contributed by atoms with E-state index in [4.69, 9.17) is 9.47 Å². The second kappa shape index (κ2) is 4.45. The Hall–Kier alpha value is -0.340. The highest BCUT2D eigenvalue weighted by Crippen LogP contribution is 2.33. The summed E-state index contributed by atoms with van der Waals surface area (Å²) in [6.45, 7) is 0. The van der Waals surface area contributed by atoms with Crippen LogP contribution in [0.2, 0.25) is 0 Å². The van der Waals surface area contributed by atoms with Crippen molar-refractivity contribution in [3.05, 3.63) is 16.7 Å². The molecule has 5 heteroatoms. The van der Waals surface area contributed by atoms with Crippen molar-refractivity contribution in [2.45, 2.75) is 18.9 Å². The van der Waals surface area contributed by atoms with Crippen LogP contribution in [0.5, 0.6) is 11.6 Å². The fourth-order valence-corrected chi connectivity index (χ4v) is 1.51. The summed E-state index contributed by atoms with van der Waals surface area (Å²) in [6.07, 6.45) is 4.85. The Kier molecular flexibility index (Phi) is 3.24. The Balaban J connectivity index is 2.17. The molecule has 0 bridgehead atoms. The maximum absolute atomic E-state index is 5.66. The molecule has 1 aliphatic carbocycles. The largest absolute Gasteiger partial charge is 0.485 e. The molecule has 1 atom stereocenters. The zero-order valence-corrected chi connectivity index (χ0v) is 10.3. The van der Waals surface area contributed by atoms with Crippen LogP contribution in [0, 0.1) is 0 Å². The lowest BCUT2D eigenvalue weighted by Gasteiger charge is -2.09. The van der Waals surface area contributed by atoms with Crippen LogP contribution >= 0.6 is 25.2 Å². The van der Waals surface area contributed by atoms with E-state index in [1.807, 2.05) is 6.07 Å². The number of rotatable bonds is 4. The van der Waals surface area contributed by atoms with Crippen LogP contribution in [-0.4, -0.2) is 17.4 Å². The molecule has 2 rings (SSSR count). The first-order valence-corrected chi connectivity index (χ1v) is 6.05. The quantitative estimate of drug-likeness (QED) is 0.792. The molecule has 3 nitrogen and oxygen atoms in total. The van der Waals surface area contributed by atoms with E-state index in [1.54, 1.807) is 6.20 Å². The second-order valence-electron chi connectivity index (χ2n) is 3.09. The number of hydrogen-bond donors (Lipinski definition) is 0. The molecule has 1 aliphatic rings. The summed E-state index contributed by atoms with van der Waals surface area (Å²) in [7, 11) is 2.49. The highest BCUT2D eigenvalue weighted by Gasteiger charge is 2.25. The summed E-state index contributed by atoms with van der Waals surface area (Å²) in [5, 5.41) is 0. The molecule has 0 amide bonds. The van der Waals surface area contributed by atoms with Gasteiger partial charge in [-0.05, 0) is 28.8 Å². The summed E-state index contributed by atoms with van der Waals surface area (Å²) >= 11 is 3.35. The van der Waals surface area contributed by atoms with Gasteiger partial charge in [-0.25, -0.2) is 4.98 Å². The van der Waals surface area contributed by atoms with Gasteiger partial charge in [0.15, 0.2) is 5.75 Å². The van der Waals surface area contributed by atoms with E-state index in [-0.39, 0.29) is 0 Å². The molecule has 76 valence electrons. The number of hydrogen-bond acceptors (Lipinski definition) is 3. The van der Waals surface area contributed by atoms with Crippen molar-refractivity contribution < 1.29 is 9.47 Å². The summed E-state index contributed by atoms with van der Waals surface area (Å²) < 4.78 is 11.9. The van der Waals surface area contributed by atoms with Crippen molar-refractivity contribution in [1.29, 1.82) is 0 Å². The minimum absolute atomic E-state index is 0.359. The van der Waals surface area contributed by atoms with Crippen LogP contribution in [-0.2, 0) is 0 Å². The molecular formula is C9H11BrNO2P. The van der Waals surface area contributed by atoms with Gasteiger partial charge in [0.1, 0.15) is 6.35 Å². The molecule has 1 saturated carbocycles. The SMILES string of the molecule is PCOc1ncc(Br)cc1OC1CC1. The molecule has 1 aromatic rings. The van der Waals surface area contributed by atoms with Gasteiger partial charge >= 0.3 is 0 Å². The summed E-state index contributed by atoms with van der Waals surface area (Å²) in [6, 6.07) is 1.89. The zero-order chi connectivity index (χ0) is 9.97. The van der Waals surface area contributed by atoms with Crippen molar-refractivity contribution in [2.24, 2.45) is 0 Å². The van der Waals surface area contributed by atoms with E-state index >= 15 is 0 Å².